The van der Waals surface area contributed by atoms with Gasteiger partial charge in [-0.1, -0.05) is 48.9 Å². The minimum absolute atomic E-state index is 0.245. The third-order valence-corrected chi connectivity index (χ3v) is 4.17. The summed E-state index contributed by atoms with van der Waals surface area (Å²) < 4.78 is 0. The highest BCUT2D eigenvalue weighted by Crippen LogP contribution is 2.25. The van der Waals surface area contributed by atoms with Crippen molar-refractivity contribution in [2.75, 3.05) is 5.32 Å². The summed E-state index contributed by atoms with van der Waals surface area (Å²) in [6.45, 7) is 10.9. The van der Waals surface area contributed by atoms with Gasteiger partial charge in [-0.25, -0.2) is 0 Å². The third kappa shape index (κ3) is 3.79. The van der Waals surface area contributed by atoms with E-state index in [9.17, 15) is 0 Å². The minimum Gasteiger partial charge on any atom is -0.354 e. The van der Waals surface area contributed by atoms with E-state index < -0.39 is 0 Å². The van der Waals surface area contributed by atoms with Gasteiger partial charge in [0.2, 0.25) is 5.13 Å². The lowest BCUT2D eigenvalue weighted by atomic mass is 10.0. The van der Waals surface area contributed by atoms with Gasteiger partial charge in [0.15, 0.2) is 0 Å². The van der Waals surface area contributed by atoms with Crippen LogP contribution < -0.4 is 5.32 Å². The number of aromatic nitrogens is 2. The molecule has 0 saturated heterocycles. The molecule has 3 nitrogen and oxygen atoms in total. The molecule has 1 N–H and O–H groups in total. The average molecular weight is 289 g/mol. The summed E-state index contributed by atoms with van der Waals surface area (Å²) in [5.74, 6) is 0.618. The predicted octanol–water partition coefficient (Wildman–Crippen LogP) is 4.53. The van der Waals surface area contributed by atoms with Gasteiger partial charge in [0.05, 0.1) is 6.04 Å². The molecule has 1 unspecified atom stereocenters. The largest absolute Gasteiger partial charge is 0.354 e. The van der Waals surface area contributed by atoms with Crippen LogP contribution in [-0.4, -0.2) is 10.2 Å². The van der Waals surface area contributed by atoms with Crippen molar-refractivity contribution < 1.29 is 0 Å². The van der Waals surface area contributed by atoms with E-state index in [0.717, 1.165) is 16.6 Å². The van der Waals surface area contributed by atoms with Crippen LogP contribution in [0.2, 0.25) is 0 Å². The van der Waals surface area contributed by atoms with E-state index in [1.807, 2.05) is 0 Å². The van der Waals surface area contributed by atoms with Gasteiger partial charge in [-0.2, -0.15) is 0 Å². The van der Waals surface area contributed by atoms with Crippen LogP contribution in [-0.2, 0) is 6.42 Å². The first kappa shape index (κ1) is 15.0. The number of rotatable bonds is 5. The van der Waals surface area contributed by atoms with Gasteiger partial charge in [-0.15, -0.1) is 10.2 Å². The van der Waals surface area contributed by atoms with E-state index in [4.69, 9.17) is 0 Å². The average Bonchev–Trinajstić information content (AvgIpc) is 2.78. The van der Waals surface area contributed by atoms with E-state index in [-0.39, 0.29) is 6.04 Å². The van der Waals surface area contributed by atoms with Crippen LogP contribution in [0.3, 0.4) is 0 Å². The number of aryl methyl sites for hydroxylation is 2. The molecular formula is C16H23N3S. The van der Waals surface area contributed by atoms with E-state index in [2.05, 4.69) is 68.3 Å². The zero-order chi connectivity index (χ0) is 14.7. The molecule has 1 aromatic heterocycles. The molecule has 0 aliphatic carbocycles. The smallest absolute Gasteiger partial charge is 0.206 e. The summed E-state index contributed by atoms with van der Waals surface area (Å²) in [7, 11) is 0. The topological polar surface area (TPSA) is 37.8 Å². The molecule has 108 valence electrons. The van der Waals surface area contributed by atoms with Crippen LogP contribution in [0.5, 0.6) is 0 Å². The molecule has 1 atom stereocenters. The maximum absolute atomic E-state index is 4.25. The molecule has 0 radical (unpaired) electrons. The molecular weight excluding hydrogens is 266 g/mol. The second-order valence-electron chi connectivity index (χ2n) is 5.82. The fourth-order valence-electron chi connectivity index (χ4n) is 2.23. The van der Waals surface area contributed by atoms with Gasteiger partial charge in [-0.3, -0.25) is 0 Å². The third-order valence-electron chi connectivity index (χ3n) is 3.29. The van der Waals surface area contributed by atoms with Crippen molar-refractivity contribution in [2.24, 2.45) is 5.92 Å². The predicted molar refractivity (Wildman–Crippen MR) is 86.4 cm³/mol. The van der Waals surface area contributed by atoms with E-state index in [1.54, 1.807) is 11.3 Å². The first-order chi connectivity index (χ1) is 9.45. The Balaban J connectivity index is 2.09. The van der Waals surface area contributed by atoms with Crippen LogP contribution in [0.1, 0.15) is 48.5 Å². The Labute approximate surface area is 125 Å². The lowest BCUT2D eigenvalue weighted by molar-refractivity contribution is 0.640. The van der Waals surface area contributed by atoms with E-state index in [0.29, 0.717) is 5.92 Å². The van der Waals surface area contributed by atoms with Crippen LogP contribution >= 0.6 is 11.3 Å². The summed E-state index contributed by atoms with van der Waals surface area (Å²) in [5, 5.41) is 14.0. The number of anilines is 1. The molecule has 0 aliphatic rings. The van der Waals surface area contributed by atoms with Gasteiger partial charge >= 0.3 is 0 Å². The van der Waals surface area contributed by atoms with Crippen molar-refractivity contribution in [1.29, 1.82) is 0 Å². The fraction of sp³-hybridized carbons (Fsp3) is 0.500. The van der Waals surface area contributed by atoms with Crippen LogP contribution in [0, 0.1) is 19.8 Å². The van der Waals surface area contributed by atoms with Crippen molar-refractivity contribution in [3.8, 4) is 0 Å². The van der Waals surface area contributed by atoms with Crippen LogP contribution in [0.25, 0.3) is 0 Å². The lowest BCUT2D eigenvalue weighted by Gasteiger charge is -2.16. The highest BCUT2D eigenvalue weighted by Gasteiger charge is 2.12. The van der Waals surface area contributed by atoms with Gasteiger partial charge in [0.1, 0.15) is 5.01 Å². The minimum atomic E-state index is 0.245. The number of hydrogen-bond donors (Lipinski definition) is 1. The normalized spacial score (nSPS) is 12.7. The first-order valence-corrected chi connectivity index (χ1v) is 7.93. The molecule has 20 heavy (non-hydrogen) atoms. The molecule has 4 heteroatoms. The van der Waals surface area contributed by atoms with E-state index in [1.165, 1.54) is 16.7 Å². The van der Waals surface area contributed by atoms with Crippen molar-refractivity contribution >= 4 is 16.5 Å². The second kappa shape index (κ2) is 6.35. The Morgan fingerprint density at radius 1 is 1.15 bits per heavy atom. The number of nitrogens with one attached hydrogen (secondary N) is 1. The maximum Gasteiger partial charge on any atom is 0.206 e. The standard InChI is InChI=1S/C16H23N3S/c1-10(2)8-15-18-19-16(20-15)17-13(5)14-9-11(3)6-7-12(14)4/h6-7,9-10,13H,8H2,1-5H3,(H,17,19). The zero-order valence-corrected chi connectivity index (χ0v) is 13.7. The maximum atomic E-state index is 4.25. The van der Waals surface area contributed by atoms with E-state index >= 15 is 0 Å². The van der Waals surface area contributed by atoms with Gasteiger partial charge in [0, 0.05) is 6.42 Å². The Hall–Kier alpha value is -1.42. The first-order valence-electron chi connectivity index (χ1n) is 7.11. The molecule has 1 aromatic carbocycles. The quantitative estimate of drug-likeness (QED) is 0.879. The number of nitrogens with zero attached hydrogens (tertiary/aromatic N) is 2. The monoisotopic (exact) mass is 289 g/mol. The Morgan fingerprint density at radius 3 is 2.60 bits per heavy atom. The molecule has 0 spiro atoms. The van der Waals surface area contributed by atoms with Crippen LogP contribution in [0.15, 0.2) is 18.2 Å². The highest BCUT2D eigenvalue weighted by atomic mass is 32.1. The molecule has 0 amide bonds. The van der Waals surface area contributed by atoms with Crippen LogP contribution in [0.4, 0.5) is 5.13 Å². The molecule has 0 saturated carbocycles. The Kier molecular flexibility index (Phi) is 4.76. The molecule has 0 bridgehead atoms. The summed E-state index contributed by atoms with van der Waals surface area (Å²) in [4.78, 5) is 0. The fourth-order valence-corrected chi connectivity index (χ4v) is 3.27. The summed E-state index contributed by atoms with van der Waals surface area (Å²) in [5.41, 5.74) is 3.92. The molecule has 2 aromatic rings. The van der Waals surface area contributed by atoms with Crippen molar-refractivity contribution in [2.45, 2.75) is 47.1 Å². The SMILES string of the molecule is Cc1ccc(C)c(C(C)Nc2nnc(CC(C)C)s2)c1. The second-order valence-corrected chi connectivity index (χ2v) is 6.89. The number of hydrogen-bond acceptors (Lipinski definition) is 4. The molecule has 0 aliphatic heterocycles. The van der Waals surface area contributed by atoms with Gasteiger partial charge in [-0.05, 0) is 37.8 Å². The summed E-state index contributed by atoms with van der Waals surface area (Å²) in [6, 6.07) is 6.81. The summed E-state index contributed by atoms with van der Waals surface area (Å²) in [6.07, 6.45) is 0.997. The molecule has 1 heterocycles. The van der Waals surface area contributed by atoms with Crippen molar-refractivity contribution in [3.05, 3.63) is 39.9 Å². The highest BCUT2D eigenvalue weighted by molar-refractivity contribution is 7.15. The Bertz CT molecular complexity index is 575. The zero-order valence-electron chi connectivity index (χ0n) is 12.9. The van der Waals surface area contributed by atoms with Crippen molar-refractivity contribution in [3.63, 3.8) is 0 Å². The Morgan fingerprint density at radius 2 is 1.90 bits per heavy atom. The van der Waals surface area contributed by atoms with Gasteiger partial charge < -0.3 is 5.32 Å². The molecule has 2 rings (SSSR count). The number of benzene rings is 1. The lowest BCUT2D eigenvalue weighted by Crippen LogP contribution is -2.08. The van der Waals surface area contributed by atoms with Gasteiger partial charge in [0.25, 0.3) is 0 Å². The van der Waals surface area contributed by atoms with Crippen molar-refractivity contribution in [1.82, 2.24) is 10.2 Å². The summed E-state index contributed by atoms with van der Waals surface area (Å²) >= 11 is 1.66. The molecule has 0 fully saturated rings.